The van der Waals surface area contributed by atoms with E-state index in [1.54, 1.807) is 0 Å². The maximum Gasteiger partial charge on any atom is 0.303 e. The Labute approximate surface area is 116 Å². The summed E-state index contributed by atoms with van der Waals surface area (Å²) < 4.78 is 5.24. The summed E-state index contributed by atoms with van der Waals surface area (Å²) in [5.41, 5.74) is 0. The number of hydrogen-bond acceptors (Lipinski definition) is 7. The third kappa shape index (κ3) is 4.65. The average Bonchev–Trinajstić information content (AvgIpc) is 2.39. The fraction of sp³-hybridized carbons (Fsp3) is 0.917. The van der Waals surface area contributed by atoms with E-state index < -0.39 is 49.2 Å². The SMILES string of the molecule is O=C(O)CCCC(O)C[C@@H]1O[C@H](CO)[C@@H](O)[C@H](O)[C@H]1O. The molecule has 0 amide bonds. The number of carboxylic acid groups (broad SMARTS) is 1. The zero-order valence-corrected chi connectivity index (χ0v) is 11.0. The summed E-state index contributed by atoms with van der Waals surface area (Å²) in [7, 11) is 0. The molecule has 0 bridgehead atoms. The molecule has 1 aliphatic rings. The number of aliphatic hydroxyl groups is 5. The number of rotatable bonds is 7. The Hall–Kier alpha value is -0.770. The highest BCUT2D eigenvalue weighted by Gasteiger charge is 2.43. The molecule has 118 valence electrons. The third-order valence-electron chi connectivity index (χ3n) is 3.42. The minimum Gasteiger partial charge on any atom is -0.481 e. The van der Waals surface area contributed by atoms with Gasteiger partial charge in [-0.2, -0.15) is 0 Å². The topological polar surface area (TPSA) is 148 Å². The van der Waals surface area contributed by atoms with E-state index in [1.165, 1.54) is 0 Å². The van der Waals surface area contributed by atoms with Gasteiger partial charge in [-0.05, 0) is 12.8 Å². The average molecular weight is 294 g/mol. The van der Waals surface area contributed by atoms with Crippen LogP contribution in [0.5, 0.6) is 0 Å². The third-order valence-corrected chi connectivity index (χ3v) is 3.42. The van der Waals surface area contributed by atoms with Gasteiger partial charge in [-0.3, -0.25) is 4.79 Å². The largest absolute Gasteiger partial charge is 0.481 e. The summed E-state index contributed by atoms with van der Waals surface area (Å²) in [5, 5.41) is 56.2. The van der Waals surface area contributed by atoms with Gasteiger partial charge in [0.15, 0.2) is 0 Å². The molecular weight excluding hydrogens is 272 g/mol. The van der Waals surface area contributed by atoms with Gasteiger partial charge in [-0.25, -0.2) is 0 Å². The lowest BCUT2D eigenvalue weighted by Crippen LogP contribution is -2.59. The van der Waals surface area contributed by atoms with Crippen molar-refractivity contribution in [3.8, 4) is 0 Å². The van der Waals surface area contributed by atoms with Gasteiger partial charge in [0.2, 0.25) is 0 Å². The first-order valence-electron chi connectivity index (χ1n) is 6.57. The normalized spacial score (nSPS) is 35.8. The van der Waals surface area contributed by atoms with E-state index in [0.29, 0.717) is 0 Å². The molecule has 1 heterocycles. The Morgan fingerprint density at radius 1 is 1.10 bits per heavy atom. The van der Waals surface area contributed by atoms with E-state index >= 15 is 0 Å². The van der Waals surface area contributed by atoms with Crippen molar-refractivity contribution >= 4 is 5.97 Å². The number of aliphatic hydroxyl groups excluding tert-OH is 5. The van der Waals surface area contributed by atoms with Crippen LogP contribution in [0.2, 0.25) is 0 Å². The van der Waals surface area contributed by atoms with Crippen LogP contribution in [0.4, 0.5) is 0 Å². The van der Waals surface area contributed by atoms with E-state index in [-0.39, 0.29) is 25.7 Å². The van der Waals surface area contributed by atoms with Crippen molar-refractivity contribution in [2.24, 2.45) is 0 Å². The lowest BCUT2D eigenvalue weighted by molar-refractivity contribution is -0.234. The van der Waals surface area contributed by atoms with Crippen LogP contribution < -0.4 is 0 Å². The lowest BCUT2D eigenvalue weighted by Gasteiger charge is -2.40. The molecule has 1 fully saturated rings. The van der Waals surface area contributed by atoms with Crippen molar-refractivity contribution < 1.29 is 40.2 Å². The van der Waals surface area contributed by atoms with Gasteiger partial charge in [-0.15, -0.1) is 0 Å². The van der Waals surface area contributed by atoms with Crippen LogP contribution in [0, 0.1) is 0 Å². The molecule has 1 rings (SSSR count). The standard InChI is InChI=1S/C12H22O8/c13-5-8-11(18)12(19)10(17)7(20-8)4-6(14)2-1-3-9(15)16/h6-8,10-14,17-19H,1-5H2,(H,15,16)/t6?,7-,8+,10-,11+,12+/m0/s1. The molecule has 0 aliphatic carbocycles. The van der Waals surface area contributed by atoms with Gasteiger partial charge in [0.05, 0.1) is 18.8 Å². The molecule has 1 saturated heterocycles. The summed E-state index contributed by atoms with van der Waals surface area (Å²) in [6.45, 7) is -0.517. The highest BCUT2D eigenvalue weighted by Crippen LogP contribution is 2.24. The fourth-order valence-electron chi connectivity index (χ4n) is 2.25. The van der Waals surface area contributed by atoms with Crippen molar-refractivity contribution in [1.29, 1.82) is 0 Å². The Bertz CT molecular complexity index is 308. The highest BCUT2D eigenvalue weighted by atomic mass is 16.5. The van der Waals surface area contributed by atoms with Gasteiger partial charge in [0.1, 0.15) is 24.4 Å². The minimum atomic E-state index is -1.46. The van der Waals surface area contributed by atoms with Crippen LogP contribution >= 0.6 is 0 Å². The predicted octanol–water partition coefficient (Wildman–Crippen LogP) is -2.17. The van der Waals surface area contributed by atoms with Crippen molar-refractivity contribution in [2.75, 3.05) is 6.61 Å². The van der Waals surface area contributed by atoms with E-state index in [1.807, 2.05) is 0 Å². The highest BCUT2D eigenvalue weighted by molar-refractivity contribution is 5.66. The van der Waals surface area contributed by atoms with Crippen LogP contribution in [0.3, 0.4) is 0 Å². The Balaban J connectivity index is 2.46. The number of hydrogen-bond donors (Lipinski definition) is 6. The minimum absolute atomic E-state index is 0.0128. The first-order valence-corrected chi connectivity index (χ1v) is 6.57. The summed E-state index contributed by atoms with van der Waals surface area (Å²) >= 11 is 0. The molecule has 0 aromatic rings. The molecule has 0 radical (unpaired) electrons. The summed E-state index contributed by atoms with van der Waals surface area (Å²) in [6.07, 6.45) is -6.64. The zero-order valence-electron chi connectivity index (χ0n) is 11.0. The van der Waals surface area contributed by atoms with Crippen LogP contribution in [-0.2, 0) is 9.53 Å². The van der Waals surface area contributed by atoms with Crippen LogP contribution in [0.1, 0.15) is 25.7 Å². The molecule has 20 heavy (non-hydrogen) atoms. The molecule has 1 unspecified atom stereocenters. The van der Waals surface area contributed by atoms with E-state index in [0.717, 1.165) is 0 Å². The number of carbonyl (C=O) groups is 1. The second-order valence-corrected chi connectivity index (χ2v) is 5.04. The summed E-state index contributed by atoms with van der Waals surface area (Å²) in [4.78, 5) is 10.3. The van der Waals surface area contributed by atoms with E-state index in [9.17, 15) is 25.2 Å². The fourth-order valence-corrected chi connectivity index (χ4v) is 2.25. The van der Waals surface area contributed by atoms with E-state index in [2.05, 4.69) is 0 Å². The first-order chi connectivity index (χ1) is 9.36. The Morgan fingerprint density at radius 2 is 1.70 bits per heavy atom. The lowest BCUT2D eigenvalue weighted by atomic mass is 9.91. The Kier molecular flexibility index (Phi) is 6.80. The number of ether oxygens (including phenoxy) is 1. The maximum atomic E-state index is 10.3. The van der Waals surface area contributed by atoms with Gasteiger partial charge in [-0.1, -0.05) is 0 Å². The molecule has 0 aromatic carbocycles. The van der Waals surface area contributed by atoms with Crippen molar-refractivity contribution in [1.82, 2.24) is 0 Å². The van der Waals surface area contributed by atoms with Crippen molar-refractivity contribution in [3.63, 3.8) is 0 Å². The monoisotopic (exact) mass is 294 g/mol. The second-order valence-electron chi connectivity index (χ2n) is 5.04. The van der Waals surface area contributed by atoms with Crippen LogP contribution in [0.15, 0.2) is 0 Å². The summed E-state index contributed by atoms with van der Waals surface area (Å²) in [6, 6.07) is 0. The second kappa shape index (κ2) is 7.87. The van der Waals surface area contributed by atoms with E-state index in [4.69, 9.17) is 14.9 Å². The van der Waals surface area contributed by atoms with Gasteiger partial charge < -0.3 is 35.4 Å². The number of carboxylic acids is 1. The molecule has 6 N–H and O–H groups in total. The smallest absolute Gasteiger partial charge is 0.303 e. The Morgan fingerprint density at radius 3 is 2.25 bits per heavy atom. The molecule has 6 atom stereocenters. The van der Waals surface area contributed by atoms with Gasteiger partial charge >= 0.3 is 5.97 Å². The van der Waals surface area contributed by atoms with Gasteiger partial charge in [0.25, 0.3) is 0 Å². The van der Waals surface area contributed by atoms with Crippen molar-refractivity contribution in [2.45, 2.75) is 62.3 Å². The molecule has 0 spiro atoms. The molecular formula is C12H22O8. The number of aliphatic carboxylic acids is 1. The van der Waals surface area contributed by atoms with Gasteiger partial charge in [0, 0.05) is 12.8 Å². The van der Waals surface area contributed by atoms with Crippen LogP contribution in [0.25, 0.3) is 0 Å². The maximum absolute atomic E-state index is 10.3. The molecule has 8 nitrogen and oxygen atoms in total. The first kappa shape index (κ1) is 17.3. The van der Waals surface area contributed by atoms with Crippen LogP contribution in [-0.4, -0.2) is 79.8 Å². The summed E-state index contributed by atoms with van der Waals surface area (Å²) in [5.74, 6) is -0.954. The molecule has 1 aliphatic heterocycles. The molecule has 0 aromatic heterocycles. The zero-order chi connectivity index (χ0) is 15.3. The molecule has 8 heteroatoms. The predicted molar refractivity (Wildman–Crippen MR) is 65.9 cm³/mol. The quantitative estimate of drug-likeness (QED) is 0.311. The molecule has 0 saturated carbocycles. The van der Waals surface area contributed by atoms with Crippen molar-refractivity contribution in [3.05, 3.63) is 0 Å².